The molecule has 3 nitrogen and oxygen atoms in total. The molecular weight excluding hydrogens is 489 g/mol. The van der Waals surface area contributed by atoms with Crippen molar-refractivity contribution in [1.29, 1.82) is 0 Å². The van der Waals surface area contributed by atoms with Gasteiger partial charge in [0.15, 0.2) is 0 Å². The molecule has 0 fully saturated rings. The Labute approximate surface area is 236 Å². The van der Waals surface area contributed by atoms with E-state index in [9.17, 15) is 10.0 Å². The second-order valence-corrected chi connectivity index (χ2v) is 12.0. The fourth-order valence-electron chi connectivity index (χ4n) is 7.17. The van der Waals surface area contributed by atoms with E-state index in [1.54, 1.807) is 6.07 Å². The van der Waals surface area contributed by atoms with Crippen LogP contribution >= 0.6 is 0 Å². The summed E-state index contributed by atoms with van der Waals surface area (Å²) in [6, 6.07) is 38.1. The van der Waals surface area contributed by atoms with Crippen LogP contribution in [-0.4, -0.2) is 17.2 Å². The molecule has 0 atom stereocenters. The molecule has 5 aromatic rings. The number of rotatable bonds is 4. The highest BCUT2D eigenvalue weighted by Crippen LogP contribution is 2.55. The van der Waals surface area contributed by atoms with E-state index in [4.69, 9.17) is 0 Å². The van der Waals surface area contributed by atoms with Crippen LogP contribution in [0.25, 0.3) is 22.3 Å². The van der Waals surface area contributed by atoms with Crippen molar-refractivity contribution < 1.29 is 10.0 Å². The second kappa shape index (κ2) is 8.69. The minimum absolute atomic E-state index is 0.0912. The molecule has 7 rings (SSSR count). The Bertz CT molecular complexity index is 1800. The fourth-order valence-corrected chi connectivity index (χ4v) is 7.17. The molecule has 0 radical (unpaired) electrons. The van der Waals surface area contributed by atoms with E-state index >= 15 is 0 Å². The number of nitrogens with zero attached hydrogens (tertiary/aromatic N) is 1. The van der Waals surface area contributed by atoms with Crippen LogP contribution in [-0.2, 0) is 10.8 Å². The Kier molecular flexibility index (Phi) is 5.41. The smallest absolute Gasteiger partial charge is 0.423 e. The van der Waals surface area contributed by atoms with Crippen LogP contribution in [0.4, 0.5) is 17.1 Å². The first-order chi connectivity index (χ1) is 19.2. The summed E-state index contributed by atoms with van der Waals surface area (Å²) < 4.78 is 0. The van der Waals surface area contributed by atoms with E-state index in [2.05, 4.69) is 118 Å². The molecule has 0 unspecified atom stereocenters. The number of para-hydroxylation sites is 1. The van der Waals surface area contributed by atoms with Crippen LogP contribution < -0.4 is 10.4 Å². The zero-order chi connectivity index (χ0) is 27.8. The number of fused-ring (bicyclic) bond motifs is 6. The SMILES string of the molecule is CC1(C)c2ccccc2-c2cc(N(c3ccccc3B(O)O)c3cccc4c3C(C)(C)c3ccccc3-4)ccc21. The number of benzene rings is 5. The Morgan fingerprint density at radius 3 is 1.80 bits per heavy atom. The molecule has 2 N–H and O–H groups in total. The van der Waals surface area contributed by atoms with Crippen molar-refractivity contribution in [2.75, 3.05) is 4.90 Å². The third kappa shape index (κ3) is 3.40. The molecule has 0 spiro atoms. The Hall–Kier alpha value is -4.12. The maximum absolute atomic E-state index is 10.5. The van der Waals surface area contributed by atoms with Gasteiger partial charge in [0.2, 0.25) is 0 Å². The van der Waals surface area contributed by atoms with E-state index < -0.39 is 7.12 Å². The minimum Gasteiger partial charge on any atom is -0.423 e. The van der Waals surface area contributed by atoms with Gasteiger partial charge in [-0.3, -0.25) is 0 Å². The van der Waals surface area contributed by atoms with Crippen LogP contribution in [0, 0.1) is 0 Å². The zero-order valence-corrected chi connectivity index (χ0v) is 23.3. The summed E-state index contributed by atoms with van der Waals surface area (Å²) >= 11 is 0. The molecule has 0 aliphatic heterocycles. The van der Waals surface area contributed by atoms with E-state index in [1.165, 1.54) is 44.5 Å². The lowest BCUT2D eigenvalue weighted by Crippen LogP contribution is -2.34. The van der Waals surface area contributed by atoms with Gasteiger partial charge in [-0.25, -0.2) is 0 Å². The fraction of sp³-hybridized carbons (Fsp3) is 0.167. The van der Waals surface area contributed by atoms with Crippen LogP contribution in [0.5, 0.6) is 0 Å². The third-order valence-electron chi connectivity index (χ3n) is 9.08. The van der Waals surface area contributed by atoms with Gasteiger partial charge in [0, 0.05) is 27.7 Å². The molecule has 0 amide bonds. The highest BCUT2D eigenvalue weighted by atomic mass is 16.4. The predicted octanol–water partition coefficient (Wildman–Crippen LogP) is 7.45. The molecule has 196 valence electrons. The highest BCUT2D eigenvalue weighted by Gasteiger charge is 2.40. The summed E-state index contributed by atoms with van der Waals surface area (Å²) in [6.07, 6.45) is 0. The molecule has 0 heterocycles. The minimum atomic E-state index is -1.60. The third-order valence-corrected chi connectivity index (χ3v) is 9.08. The van der Waals surface area contributed by atoms with Crippen molar-refractivity contribution in [1.82, 2.24) is 0 Å². The second-order valence-electron chi connectivity index (χ2n) is 12.0. The monoisotopic (exact) mass is 521 g/mol. The average Bonchev–Trinajstić information content (AvgIpc) is 3.34. The standard InChI is InChI=1S/C36H32BNO2/c1-35(2)28-15-7-6-13-25(28)27-22-23(20-21-30(27)35)38(32-18-10-9-17-31(32)37(39)40)33-19-11-14-26-24-12-5-8-16-29(24)36(3,4)34(26)33/h5-22,39-40H,1-4H3. The first-order valence-corrected chi connectivity index (χ1v) is 13.9. The summed E-state index contributed by atoms with van der Waals surface area (Å²) in [5.74, 6) is 0. The Morgan fingerprint density at radius 1 is 0.525 bits per heavy atom. The maximum Gasteiger partial charge on any atom is 0.490 e. The molecule has 0 bridgehead atoms. The van der Waals surface area contributed by atoms with Crippen LogP contribution in [0.15, 0.2) is 109 Å². The zero-order valence-electron chi connectivity index (χ0n) is 23.3. The van der Waals surface area contributed by atoms with E-state index in [-0.39, 0.29) is 10.8 Å². The molecule has 2 aliphatic carbocycles. The molecule has 4 heteroatoms. The molecule has 0 saturated carbocycles. The number of anilines is 3. The lowest BCUT2D eigenvalue weighted by Gasteiger charge is -2.33. The van der Waals surface area contributed by atoms with Crippen molar-refractivity contribution in [3.05, 3.63) is 131 Å². The molecule has 0 aromatic heterocycles. The average molecular weight is 521 g/mol. The van der Waals surface area contributed by atoms with Crippen molar-refractivity contribution in [2.24, 2.45) is 0 Å². The number of hydrogen-bond acceptors (Lipinski definition) is 3. The van der Waals surface area contributed by atoms with Gasteiger partial charge in [-0.2, -0.15) is 0 Å². The van der Waals surface area contributed by atoms with Gasteiger partial charge in [0.1, 0.15) is 0 Å². The van der Waals surface area contributed by atoms with Crippen molar-refractivity contribution in [3.63, 3.8) is 0 Å². The summed E-state index contributed by atoms with van der Waals surface area (Å²) in [6.45, 7) is 9.15. The molecule has 5 aromatic carbocycles. The largest absolute Gasteiger partial charge is 0.490 e. The highest BCUT2D eigenvalue weighted by molar-refractivity contribution is 6.60. The Balaban J connectivity index is 1.52. The van der Waals surface area contributed by atoms with Crippen LogP contribution in [0.3, 0.4) is 0 Å². The first-order valence-electron chi connectivity index (χ1n) is 13.9. The summed E-state index contributed by atoms with van der Waals surface area (Å²) in [5, 5.41) is 20.9. The summed E-state index contributed by atoms with van der Waals surface area (Å²) in [4.78, 5) is 2.22. The summed E-state index contributed by atoms with van der Waals surface area (Å²) in [5.41, 5.74) is 13.0. The molecule has 0 saturated heterocycles. The van der Waals surface area contributed by atoms with Crippen molar-refractivity contribution in [3.8, 4) is 22.3 Å². The van der Waals surface area contributed by atoms with Gasteiger partial charge in [0.05, 0.1) is 5.69 Å². The van der Waals surface area contributed by atoms with Gasteiger partial charge in [-0.05, 0) is 68.8 Å². The molecular formula is C36H32BNO2. The lowest BCUT2D eigenvalue weighted by molar-refractivity contribution is 0.426. The van der Waals surface area contributed by atoms with Gasteiger partial charge in [0.25, 0.3) is 0 Å². The van der Waals surface area contributed by atoms with E-state index in [0.717, 1.165) is 17.1 Å². The summed E-state index contributed by atoms with van der Waals surface area (Å²) in [7, 11) is -1.60. The predicted molar refractivity (Wildman–Crippen MR) is 166 cm³/mol. The molecule has 40 heavy (non-hydrogen) atoms. The van der Waals surface area contributed by atoms with E-state index in [1.807, 2.05) is 18.2 Å². The van der Waals surface area contributed by atoms with Crippen molar-refractivity contribution >= 4 is 29.6 Å². The topological polar surface area (TPSA) is 43.7 Å². The Morgan fingerprint density at radius 2 is 1.07 bits per heavy atom. The van der Waals surface area contributed by atoms with Gasteiger partial charge < -0.3 is 14.9 Å². The van der Waals surface area contributed by atoms with Crippen molar-refractivity contribution in [2.45, 2.75) is 38.5 Å². The van der Waals surface area contributed by atoms with Gasteiger partial charge >= 0.3 is 7.12 Å². The van der Waals surface area contributed by atoms with Crippen LogP contribution in [0.1, 0.15) is 49.9 Å². The van der Waals surface area contributed by atoms with E-state index in [0.29, 0.717) is 5.46 Å². The number of hydrogen-bond donors (Lipinski definition) is 2. The normalized spacial score (nSPS) is 15.2. The quantitative estimate of drug-likeness (QED) is 0.242. The molecule has 2 aliphatic rings. The van der Waals surface area contributed by atoms with Gasteiger partial charge in [-0.15, -0.1) is 0 Å². The van der Waals surface area contributed by atoms with Gasteiger partial charge in [-0.1, -0.05) is 113 Å². The maximum atomic E-state index is 10.5. The first kappa shape index (κ1) is 24.9. The lowest BCUT2D eigenvalue weighted by atomic mass is 9.77. The van der Waals surface area contributed by atoms with Crippen LogP contribution in [0.2, 0.25) is 0 Å².